The number of fused-ring (bicyclic) bond motifs is 1. The standard InChI is InChI=1S/C26H25N3O4S/c1-5-12-33-20-11-10-17(13-21(20)32-4)19-14-22(30)27-24-23(19)25(31)28-26(29(24)3)34-15-18-9-7-6-8-16(18)2/h1,6-11,13,19H,12,14-15H2,2-4H3,(H,27,30)/t19-/m0/s1. The van der Waals surface area contributed by atoms with Crippen LogP contribution in [0.15, 0.2) is 52.4 Å². The highest BCUT2D eigenvalue weighted by molar-refractivity contribution is 7.98. The van der Waals surface area contributed by atoms with Crippen LogP contribution in [0, 0.1) is 19.3 Å². The lowest BCUT2D eigenvalue weighted by molar-refractivity contribution is -0.116. The Morgan fingerprint density at radius 3 is 2.76 bits per heavy atom. The van der Waals surface area contributed by atoms with Crippen LogP contribution in [0.25, 0.3) is 0 Å². The van der Waals surface area contributed by atoms with Crippen LogP contribution in [0.3, 0.4) is 0 Å². The van der Waals surface area contributed by atoms with Crippen molar-refractivity contribution in [1.82, 2.24) is 9.55 Å². The summed E-state index contributed by atoms with van der Waals surface area (Å²) in [4.78, 5) is 30.2. The molecule has 2 heterocycles. The van der Waals surface area contributed by atoms with Gasteiger partial charge >= 0.3 is 0 Å². The summed E-state index contributed by atoms with van der Waals surface area (Å²) in [5, 5.41) is 3.42. The second-order valence-corrected chi connectivity index (χ2v) is 8.89. The number of ether oxygens (including phenoxy) is 2. The predicted molar refractivity (Wildman–Crippen MR) is 133 cm³/mol. The number of benzene rings is 2. The average Bonchev–Trinajstić information content (AvgIpc) is 2.84. The van der Waals surface area contributed by atoms with Crippen molar-refractivity contribution in [3.63, 3.8) is 0 Å². The number of anilines is 1. The second kappa shape index (κ2) is 10.1. The molecule has 0 unspecified atom stereocenters. The molecular formula is C26H25N3O4S. The number of aryl methyl sites for hydroxylation is 1. The summed E-state index contributed by atoms with van der Waals surface area (Å²) in [6.45, 7) is 2.16. The zero-order valence-electron chi connectivity index (χ0n) is 19.3. The number of thioether (sulfide) groups is 1. The summed E-state index contributed by atoms with van der Waals surface area (Å²) in [6.07, 6.45) is 5.41. The molecule has 1 N–H and O–H groups in total. The lowest BCUT2D eigenvalue weighted by Gasteiger charge is -2.28. The van der Waals surface area contributed by atoms with E-state index in [2.05, 4.69) is 35.3 Å². The number of amides is 1. The maximum atomic E-state index is 13.2. The molecule has 2 aromatic carbocycles. The van der Waals surface area contributed by atoms with Crippen molar-refractivity contribution in [3.8, 4) is 23.8 Å². The molecule has 1 aliphatic heterocycles. The average molecular weight is 476 g/mol. The SMILES string of the molecule is C#CCOc1ccc([C@@H]2CC(=O)Nc3c2c(=O)nc(SCc2ccccc2C)n3C)cc1OC. The van der Waals surface area contributed by atoms with Gasteiger partial charge in [-0.25, -0.2) is 0 Å². The second-order valence-electron chi connectivity index (χ2n) is 7.94. The topological polar surface area (TPSA) is 82.5 Å². The summed E-state index contributed by atoms with van der Waals surface area (Å²) >= 11 is 1.46. The lowest BCUT2D eigenvalue weighted by atomic mass is 9.86. The summed E-state index contributed by atoms with van der Waals surface area (Å²) < 4.78 is 12.8. The number of nitrogens with zero attached hydrogens (tertiary/aromatic N) is 2. The molecule has 4 rings (SSSR count). The molecular weight excluding hydrogens is 450 g/mol. The molecule has 0 radical (unpaired) electrons. The van der Waals surface area contributed by atoms with Gasteiger partial charge < -0.3 is 19.4 Å². The quantitative estimate of drug-likeness (QED) is 0.317. The normalized spacial score (nSPS) is 14.6. The zero-order chi connectivity index (χ0) is 24.2. The summed E-state index contributed by atoms with van der Waals surface area (Å²) in [6, 6.07) is 13.4. The van der Waals surface area contributed by atoms with E-state index >= 15 is 0 Å². The van der Waals surface area contributed by atoms with Gasteiger partial charge in [0.25, 0.3) is 5.56 Å². The third-order valence-corrected chi connectivity index (χ3v) is 6.90. The van der Waals surface area contributed by atoms with E-state index in [0.29, 0.717) is 33.8 Å². The first-order chi connectivity index (χ1) is 16.4. The van der Waals surface area contributed by atoms with Crippen LogP contribution in [-0.2, 0) is 17.6 Å². The van der Waals surface area contributed by atoms with Gasteiger partial charge in [-0.2, -0.15) is 4.98 Å². The van der Waals surface area contributed by atoms with Crippen molar-refractivity contribution in [2.24, 2.45) is 7.05 Å². The number of carbonyl (C=O) groups excluding carboxylic acids is 1. The van der Waals surface area contributed by atoms with E-state index in [-0.39, 0.29) is 24.5 Å². The van der Waals surface area contributed by atoms with Crippen LogP contribution < -0.4 is 20.3 Å². The van der Waals surface area contributed by atoms with E-state index in [1.54, 1.807) is 16.7 Å². The Kier molecular flexibility index (Phi) is 6.94. The molecule has 34 heavy (non-hydrogen) atoms. The molecule has 1 amide bonds. The van der Waals surface area contributed by atoms with E-state index in [1.807, 2.05) is 25.2 Å². The number of rotatable bonds is 7. The fourth-order valence-electron chi connectivity index (χ4n) is 4.00. The number of methoxy groups -OCH3 is 1. The fourth-order valence-corrected chi connectivity index (χ4v) is 5.04. The van der Waals surface area contributed by atoms with E-state index in [0.717, 1.165) is 5.56 Å². The fraction of sp³-hybridized carbons (Fsp3) is 0.269. The monoisotopic (exact) mass is 475 g/mol. The van der Waals surface area contributed by atoms with Crippen molar-refractivity contribution in [1.29, 1.82) is 0 Å². The Bertz CT molecular complexity index is 1340. The van der Waals surface area contributed by atoms with Gasteiger partial charge in [-0.15, -0.1) is 6.42 Å². The molecule has 0 spiro atoms. The van der Waals surface area contributed by atoms with Gasteiger partial charge in [0, 0.05) is 25.1 Å². The molecule has 1 atom stereocenters. The first-order valence-corrected chi connectivity index (χ1v) is 11.7. The molecule has 174 valence electrons. The van der Waals surface area contributed by atoms with Crippen LogP contribution in [0.1, 0.15) is 34.6 Å². The highest BCUT2D eigenvalue weighted by Gasteiger charge is 2.32. The first-order valence-electron chi connectivity index (χ1n) is 10.7. The van der Waals surface area contributed by atoms with Crippen LogP contribution in [-0.4, -0.2) is 29.2 Å². The highest BCUT2D eigenvalue weighted by Crippen LogP contribution is 2.39. The largest absolute Gasteiger partial charge is 0.493 e. The Morgan fingerprint density at radius 2 is 2.03 bits per heavy atom. The van der Waals surface area contributed by atoms with Crippen LogP contribution in [0.4, 0.5) is 5.82 Å². The molecule has 0 saturated carbocycles. The molecule has 1 aromatic heterocycles. The van der Waals surface area contributed by atoms with Crippen molar-refractivity contribution < 1.29 is 14.3 Å². The minimum atomic E-state index is -0.457. The predicted octanol–water partition coefficient (Wildman–Crippen LogP) is 3.88. The molecule has 0 aliphatic carbocycles. The number of hydrogen-bond donors (Lipinski definition) is 1. The zero-order valence-corrected chi connectivity index (χ0v) is 20.1. The Morgan fingerprint density at radius 1 is 1.24 bits per heavy atom. The van der Waals surface area contributed by atoms with Crippen LogP contribution >= 0.6 is 11.8 Å². The van der Waals surface area contributed by atoms with Gasteiger partial charge in [0.05, 0.1) is 12.7 Å². The van der Waals surface area contributed by atoms with Gasteiger partial charge in [0.2, 0.25) is 5.91 Å². The van der Waals surface area contributed by atoms with E-state index in [9.17, 15) is 9.59 Å². The first kappa shape index (κ1) is 23.5. The van der Waals surface area contributed by atoms with Crippen molar-refractivity contribution in [2.75, 3.05) is 19.0 Å². The van der Waals surface area contributed by atoms with Gasteiger partial charge in [-0.3, -0.25) is 9.59 Å². The Labute approximate surface area is 202 Å². The summed E-state index contributed by atoms with van der Waals surface area (Å²) in [5.74, 6) is 3.92. The lowest BCUT2D eigenvalue weighted by Crippen LogP contribution is -2.33. The molecule has 3 aromatic rings. The summed E-state index contributed by atoms with van der Waals surface area (Å²) in [5.41, 5.74) is 3.22. The van der Waals surface area contributed by atoms with Gasteiger partial charge in [0.1, 0.15) is 12.4 Å². The maximum Gasteiger partial charge on any atom is 0.279 e. The van der Waals surface area contributed by atoms with Crippen molar-refractivity contribution >= 4 is 23.5 Å². The molecule has 8 heteroatoms. The Hall–Kier alpha value is -3.70. The Balaban J connectivity index is 1.70. The molecule has 0 saturated heterocycles. The molecule has 0 fully saturated rings. The van der Waals surface area contributed by atoms with E-state index in [1.165, 1.54) is 30.0 Å². The number of terminal acetylenes is 1. The molecule has 0 bridgehead atoms. The molecule has 1 aliphatic rings. The van der Waals surface area contributed by atoms with E-state index in [4.69, 9.17) is 15.9 Å². The minimum Gasteiger partial charge on any atom is -0.493 e. The highest BCUT2D eigenvalue weighted by atomic mass is 32.2. The van der Waals surface area contributed by atoms with Gasteiger partial charge in [-0.05, 0) is 35.7 Å². The van der Waals surface area contributed by atoms with E-state index < -0.39 is 5.92 Å². The smallest absolute Gasteiger partial charge is 0.279 e. The molecule has 7 nitrogen and oxygen atoms in total. The number of hydrogen-bond acceptors (Lipinski definition) is 6. The minimum absolute atomic E-state index is 0.109. The number of nitrogens with one attached hydrogen (secondary N) is 1. The van der Waals surface area contributed by atoms with Crippen LogP contribution in [0.5, 0.6) is 11.5 Å². The summed E-state index contributed by atoms with van der Waals surface area (Å²) in [7, 11) is 3.34. The van der Waals surface area contributed by atoms with Crippen molar-refractivity contribution in [3.05, 3.63) is 75.1 Å². The third-order valence-electron chi connectivity index (χ3n) is 5.82. The van der Waals surface area contributed by atoms with Crippen LogP contribution in [0.2, 0.25) is 0 Å². The van der Waals surface area contributed by atoms with Gasteiger partial charge in [0.15, 0.2) is 16.7 Å². The third kappa shape index (κ3) is 4.66. The number of aromatic nitrogens is 2. The van der Waals surface area contributed by atoms with Crippen molar-refractivity contribution in [2.45, 2.75) is 30.2 Å². The number of carbonyl (C=O) groups is 1. The maximum absolute atomic E-state index is 13.2. The van der Waals surface area contributed by atoms with Gasteiger partial charge in [-0.1, -0.05) is 48.0 Å².